The zero-order valence-corrected chi connectivity index (χ0v) is 10.5. The molecule has 0 aliphatic rings. The van der Waals surface area contributed by atoms with Gasteiger partial charge in [0, 0.05) is 13.1 Å². The van der Waals surface area contributed by atoms with Gasteiger partial charge in [0.2, 0.25) is 0 Å². The minimum atomic E-state index is 0.932. The molecular formula is C16H19N. The van der Waals surface area contributed by atoms with Gasteiger partial charge in [-0.15, -0.1) is 0 Å². The molecule has 0 atom stereocenters. The third-order valence-electron chi connectivity index (χ3n) is 3.15. The second kappa shape index (κ2) is 5.65. The average molecular weight is 225 g/mol. The molecule has 0 fully saturated rings. The first kappa shape index (κ1) is 11.9. The summed E-state index contributed by atoms with van der Waals surface area (Å²) in [5, 5.41) is 3.50. The lowest BCUT2D eigenvalue weighted by Gasteiger charge is -2.09. The first-order valence-electron chi connectivity index (χ1n) is 6.07. The molecule has 1 N–H and O–H groups in total. The van der Waals surface area contributed by atoms with Crippen molar-refractivity contribution in [1.29, 1.82) is 0 Å². The van der Waals surface area contributed by atoms with E-state index in [4.69, 9.17) is 0 Å². The fraction of sp³-hybridized carbons (Fsp3) is 0.250. The van der Waals surface area contributed by atoms with Crippen LogP contribution in [0.3, 0.4) is 0 Å². The van der Waals surface area contributed by atoms with Gasteiger partial charge in [0.25, 0.3) is 0 Å². The standard InChI is InChI=1S/C16H19N/c1-13-7-3-5-9-15(13)11-17-12-16-10-6-4-8-14(16)2/h3-10,17H,11-12H2,1-2H3. The Balaban J connectivity index is 1.93. The summed E-state index contributed by atoms with van der Waals surface area (Å²) in [7, 11) is 0. The monoisotopic (exact) mass is 225 g/mol. The van der Waals surface area contributed by atoms with Crippen LogP contribution >= 0.6 is 0 Å². The molecule has 2 aromatic rings. The number of nitrogens with one attached hydrogen (secondary N) is 1. The highest BCUT2D eigenvalue weighted by Gasteiger charge is 1.98. The molecule has 0 heterocycles. The second-order valence-electron chi connectivity index (χ2n) is 4.46. The molecule has 0 unspecified atom stereocenters. The molecule has 0 radical (unpaired) electrons. The van der Waals surface area contributed by atoms with Crippen LogP contribution in [0.2, 0.25) is 0 Å². The molecule has 0 bridgehead atoms. The van der Waals surface area contributed by atoms with Crippen molar-refractivity contribution in [3.05, 3.63) is 70.8 Å². The first-order valence-corrected chi connectivity index (χ1v) is 6.07. The van der Waals surface area contributed by atoms with E-state index in [9.17, 15) is 0 Å². The lowest BCUT2D eigenvalue weighted by Crippen LogP contribution is -2.14. The molecular weight excluding hydrogens is 206 g/mol. The smallest absolute Gasteiger partial charge is 0.0211 e. The number of aryl methyl sites for hydroxylation is 2. The van der Waals surface area contributed by atoms with Gasteiger partial charge in [-0.3, -0.25) is 0 Å². The summed E-state index contributed by atoms with van der Waals surface area (Å²) < 4.78 is 0. The summed E-state index contributed by atoms with van der Waals surface area (Å²) in [4.78, 5) is 0. The molecule has 0 aromatic heterocycles. The van der Waals surface area contributed by atoms with Gasteiger partial charge in [0.05, 0.1) is 0 Å². The average Bonchev–Trinajstić information content (AvgIpc) is 2.34. The Bertz CT molecular complexity index is 443. The van der Waals surface area contributed by atoms with Crippen molar-refractivity contribution in [2.24, 2.45) is 0 Å². The fourth-order valence-corrected chi connectivity index (χ4v) is 1.95. The maximum atomic E-state index is 3.50. The lowest BCUT2D eigenvalue weighted by atomic mass is 10.1. The highest BCUT2D eigenvalue weighted by molar-refractivity contribution is 5.27. The predicted octanol–water partition coefficient (Wildman–Crippen LogP) is 3.59. The molecule has 17 heavy (non-hydrogen) atoms. The number of benzene rings is 2. The molecule has 0 aliphatic carbocycles. The van der Waals surface area contributed by atoms with Crippen molar-refractivity contribution in [1.82, 2.24) is 5.32 Å². The van der Waals surface area contributed by atoms with Crippen LogP contribution in [0.5, 0.6) is 0 Å². The van der Waals surface area contributed by atoms with E-state index in [1.165, 1.54) is 22.3 Å². The summed E-state index contributed by atoms with van der Waals surface area (Å²) >= 11 is 0. The molecule has 0 spiro atoms. The predicted molar refractivity (Wildman–Crippen MR) is 72.9 cm³/mol. The van der Waals surface area contributed by atoms with Crippen LogP contribution in [0.1, 0.15) is 22.3 Å². The minimum absolute atomic E-state index is 0.932. The van der Waals surface area contributed by atoms with Gasteiger partial charge >= 0.3 is 0 Å². The van der Waals surface area contributed by atoms with Crippen LogP contribution in [-0.2, 0) is 13.1 Å². The lowest BCUT2D eigenvalue weighted by molar-refractivity contribution is 0.688. The second-order valence-corrected chi connectivity index (χ2v) is 4.46. The van der Waals surface area contributed by atoms with Crippen molar-refractivity contribution >= 4 is 0 Å². The Morgan fingerprint density at radius 1 is 0.706 bits per heavy atom. The van der Waals surface area contributed by atoms with E-state index in [-0.39, 0.29) is 0 Å². The summed E-state index contributed by atoms with van der Waals surface area (Å²) in [5.41, 5.74) is 5.46. The molecule has 2 rings (SSSR count). The van der Waals surface area contributed by atoms with Gasteiger partial charge in [-0.25, -0.2) is 0 Å². The van der Waals surface area contributed by atoms with Crippen molar-refractivity contribution < 1.29 is 0 Å². The summed E-state index contributed by atoms with van der Waals surface area (Å²) in [6, 6.07) is 17.0. The van der Waals surface area contributed by atoms with Crippen LogP contribution in [-0.4, -0.2) is 0 Å². The van der Waals surface area contributed by atoms with E-state index in [0.717, 1.165) is 13.1 Å². The maximum absolute atomic E-state index is 3.50. The van der Waals surface area contributed by atoms with Crippen LogP contribution in [0, 0.1) is 13.8 Å². The Morgan fingerprint density at radius 3 is 1.53 bits per heavy atom. The van der Waals surface area contributed by atoms with Gasteiger partial charge in [0.15, 0.2) is 0 Å². The summed E-state index contributed by atoms with van der Waals surface area (Å²) in [6.45, 7) is 6.18. The van der Waals surface area contributed by atoms with E-state index < -0.39 is 0 Å². The summed E-state index contributed by atoms with van der Waals surface area (Å²) in [6.07, 6.45) is 0. The third-order valence-corrected chi connectivity index (χ3v) is 3.15. The zero-order chi connectivity index (χ0) is 12.1. The highest BCUT2D eigenvalue weighted by Crippen LogP contribution is 2.09. The van der Waals surface area contributed by atoms with E-state index in [2.05, 4.69) is 67.7 Å². The Kier molecular flexibility index (Phi) is 3.94. The third kappa shape index (κ3) is 3.18. The van der Waals surface area contributed by atoms with Crippen molar-refractivity contribution in [3.8, 4) is 0 Å². The molecule has 0 saturated heterocycles. The van der Waals surface area contributed by atoms with Gasteiger partial charge < -0.3 is 5.32 Å². The fourth-order valence-electron chi connectivity index (χ4n) is 1.95. The molecule has 1 nitrogen and oxygen atoms in total. The van der Waals surface area contributed by atoms with Crippen molar-refractivity contribution in [2.45, 2.75) is 26.9 Å². The van der Waals surface area contributed by atoms with Gasteiger partial charge in [-0.2, -0.15) is 0 Å². The van der Waals surface area contributed by atoms with E-state index >= 15 is 0 Å². The van der Waals surface area contributed by atoms with Gasteiger partial charge in [0.1, 0.15) is 0 Å². The van der Waals surface area contributed by atoms with Crippen LogP contribution in [0.25, 0.3) is 0 Å². The normalized spacial score (nSPS) is 10.5. The Labute approximate surface area is 103 Å². The molecule has 1 heteroatoms. The first-order chi connectivity index (χ1) is 8.27. The quantitative estimate of drug-likeness (QED) is 0.838. The molecule has 88 valence electrons. The minimum Gasteiger partial charge on any atom is -0.309 e. The van der Waals surface area contributed by atoms with E-state index in [0.29, 0.717) is 0 Å². The van der Waals surface area contributed by atoms with Crippen molar-refractivity contribution in [3.63, 3.8) is 0 Å². The highest BCUT2D eigenvalue weighted by atomic mass is 14.8. The Hall–Kier alpha value is -1.60. The number of hydrogen-bond acceptors (Lipinski definition) is 1. The largest absolute Gasteiger partial charge is 0.309 e. The van der Waals surface area contributed by atoms with Crippen LogP contribution in [0.4, 0.5) is 0 Å². The molecule has 0 aliphatic heterocycles. The van der Waals surface area contributed by atoms with Gasteiger partial charge in [-0.1, -0.05) is 48.5 Å². The number of rotatable bonds is 4. The topological polar surface area (TPSA) is 12.0 Å². The Morgan fingerprint density at radius 2 is 1.12 bits per heavy atom. The summed E-state index contributed by atoms with van der Waals surface area (Å²) in [5.74, 6) is 0. The van der Waals surface area contributed by atoms with E-state index in [1.807, 2.05) is 0 Å². The van der Waals surface area contributed by atoms with Crippen molar-refractivity contribution in [2.75, 3.05) is 0 Å². The maximum Gasteiger partial charge on any atom is 0.0211 e. The van der Waals surface area contributed by atoms with Crippen LogP contribution < -0.4 is 5.32 Å². The molecule has 0 amide bonds. The van der Waals surface area contributed by atoms with Gasteiger partial charge in [-0.05, 0) is 36.1 Å². The molecule has 2 aromatic carbocycles. The number of hydrogen-bond donors (Lipinski definition) is 1. The molecule has 0 saturated carbocycles. The zero-order valence-electron chi connectivity index (χ0n) is 10.5. The SMILES string of the molecule is Cc1ccccc1CNCc1ccccc1C. The van der Waals surface area contributed by atoms with E-state index in [1.54, 1.807) is 0 Å². The van der Waals surface area contributed by atoms with Crippen LogP contribution in [0.15, 0.2) is 48.5 Å².